The number of rotatable bonds is 8. The topological polar surface area (TPSA) is 83.8 Å². The molecule has 1 aromatic carbocycles. The minimum Gasteiger partial charge on any atom is -0.497 e. The molecule has 3 aromatic rings. The number of benzene rings is 1. The zero-order chi connectivity index (χ0) is 23.2. The first-order valence-electron chi connectivity index (χ1n) is 11.2. The number of nitrogens with one attached hydrogen (secondary N) is 2. The van der Waals surface area contributed by atoms with Gasteiger partial charge < -0.3 is 19.8 Å². The number of furan rings is 1. The van der Waals surface area contributed by atoms with E-state index in [-0.39, 0.29) is 23.6 Å². The number of carbonyl (C=O) groups is 2. The van der Waals surface area contributed by atoms with Gasteiger partial charge in [-0.15, -0.1) is 11.3 Å². The van der Waals surface area contributed by atoms with E-state index in [4.69, 9.17) is 9.15 Å². The number of aryl methyl sites for hydroxylation is 1. The van der Waals surface area contributed by atoms with Crippen molar-refractivity contribution in [2.45, 2.75) is 32.2 Å². The molecule has 0 saturated carbocycles. The number of carbonyl (C=O) groups excluding carboxylic acids is 2. The van der Waals surface area contributed by atoms with Gasteiger partial charge in [-0.3, -0.25) is 14.5 Å². The van der Waals surface area contributed by atoms with Gasteiger partial charge in [-0.1, -0.05) is 18.6 Å². The van der Waals surface area contributed by atoms with Crippen LogP contribution in [0.1, 0.15) is 56.7 Å². The highest BCUT2D eigenvalue weighted by molar-refractivity contribution is 7.18. The largest absolute Gasteiger partial charge is 0.497 e. The number of hydrogen-bond donors (Lipinski definition) is 2. The van der Waals surface area contributed by atoms with Crippen LogP contribution >= 0.6 is 11.3 Å². The van der Waals surface area contributed by atoms with Gasteiger partial charge in [0, 0.05) is 6.54 Å². The molecule has 2 aromatic heterocycles. The van der Waals surface area contributed by atoms with E-state index in [0.29, 0.717) is 16.4 Å². The van der Waals surface area contributed by atoms with E-state index in [9.17, 15) is 9.59 Å². The molecule has 174 valence electrons. The van der Waals surface area contributed by atoms with E-state index in [1.165, 1.54) is 36.9 Å². The Bertz CT molecular complexity index is 1070. The summed E-state index contributed by atoms with van der Waals surface area (Å²) in [4.78, 5) is 28.3. The van der Waals surface area contributed by atoms with Gasteiger partial charge in [0.05, 0.1) is 29.3 Å². The summed E-state index contributed by atoms with van der Waals surface area (Å²) in [6, 6.07) is 13.2. The maximum Gasteiger partial charge on any atom is 0.291 e. The second-order valence-electron chi connectivity index (χ2n) is 8.15. The molecule has 0 radical (unpaired) electrons. The zero-order valence-corrected chi connectivity index (χ0v) is 19.7. The Morgan fingerprint density at radius 3 is 2.55 bits per heavy atom. The molecular weight excluding hydrogens is 438 g/mol. The van der Waals surface area contributed by atoms with E-state index in [1.54, 1.807) is 19.2 Å². The van der Waals surface area contributed by atoms with Crippen LogP contribution in [0.4, 0.5) is 5.00 Å². The molecule has 1 saturated heterocycles. The Hall–Kier alpha value is -3.10. The zero-order valence-electron chi connectivity index (χ0n) is 18.9. The Morgan fingerprint density at radius 1 is 1.12 bits per heavy atom. The third kappa shape index (κ3) is 5.64. The van der Waals surface area contributed by atoms with E-state index in [1.807, 2.05) is 25.1 Å². The Morgan fingerprint density at radius 2 is 1.88 bits per heavy atom. The molecule has 1 fully saturated rings. The minimum absolute atomic E-state index is 0.0959. The first kappa shape index (κ1) is 23.1. The maximum atomic E-state index is 13.0. The average Bonchev–Trinajstić information content (AvgIpc) is 3.50. The SMILES string of the molecule is COc1ccc([C@@H](CNC(=O)c2sc(NC(=O)c3ccco3)cc2C)N2CCCCC2)cc1. The molecule has 0 unspecified atom stereocenters. The molecule has 3 heterocycles. The quantitative estimate of drug-likeness (QED) is 0.494. The van der Waals surface area contributed by atoms with Crippen molar-refractivity contribution in [1.82, 2.24) is 10.2 Å². The number of anilines is 1. The van der Waals surface area contributed by atoms with Crippen LogP contribution in [-0.2, 0) is 0 Å². The van der Waals surface area contributed by atoms with Crippen molar-refractivity contribution in [3.05, 3.63) is 70.5 Å². The number of thiophene rings is 1. The highest BCUT2D eigenvalue weighted by atomic mass is 32.1. The lowest BCUT2D eigenvalue weighted by molar-refractivity contribution is 0.0927. The number of hydrogen-bond acceptors (Lipinski definition) is 6. The van der Waals surface area contributed by atoms with Crippen molar-refractivity contribution in [3.8, 4) is 5.75 Å². The number of methoxy groups -OCH3 is 1. The van der Waals surface area contributed by atoms with E-state index < -0.39 is 0 Å². The van der Waals surface area contributed by atoms with Crippen LogP contribution in [0.2, 0.25) is 0 Å². The number of piperidine rings is 1. The number of likely N-dealkylation sites (tertiary alicyclic amines) is 1. The second kappa shape index (κ2) is 10.7. The van der Waals surface area contributed by atoms with Gasteiger partial charge in [-0.25, -0.2) is 0 Å². The summed E-state index contributed by atoms with van der Waals surface area (Å²) < 4.78 is 10.4. The summed E-state index contributed by atoms with van der Waals surface area (Å²) >= 11 is 1.27. The highest BCUT2D eigenvalue weighted by Gasteiger charge is 2.24. The van der Waals surface area contributed by atoms with Crippen LogP contribution in [0.25, 0.3) is 0 Å². The molecule has 33 heavy (non-hydrogen) atoms. The number of nitrogens with zero attached hydrogens (tertiary/aromatic N) is 1. The summed E-state index contributed by atoms with van der Waals surface area (Å²) in [6.07, 6.45) is 5.04. The van der Waals surface area contributed by atoms with Crippen LogP contribution in [0.3, 0.4) is 0 Å². The molecule has 2 amide bonds. The van der Waals surface area contributed by atoms with E-state index >= 15 is 0 Å². The van der Waals surface area contributed by atoms with Gasteiger partial charge >= 0.3 is 0 Å². The number of amides is 2. The van der Waals surface area contributed by atoms with Crippen molar-refractivity contribution in [3.63, 3.8) is 0 Å². The van der Waals surface area contributed by atoms with Gasteiger partial charge in [0.15, 0.2) is 5.76 Å². The first-order valence-corrected chi connectivity index (χ1v) is 12.0. The molecule has 7 nitrogen and oxygen atoms in total. The molecule has 0 bridgehead atoms. The van der Waals surface area contributed by atoms with Crippen LogP contribution in [0, 0.1) is 6.92 Å². The van der Waals surface area contributed by atoms with Gasteiger partial charge in [0.2, 0.25) is 0 Å². The first-order chi connectivity index (χ1) is 16.0. The average molecular weight is 468 g/mol. The predicted octanol–water partition coefficient (Wildman–Crippen LogP) is 4.87. The third-order valence-corrected chi connectivity index (χ3v) is 7.04. The van der Waals surface area contributed by atoms with Crippen molar-refractivity contribution in [1.29, 1.82) is 0 Å². The van der Waals surface area contributed by atoms with Crippen LogP contribution in [0.15, 0.2) is 53.1 Å². The lowest BCUT2D eigenvalue weighted by Crippen LogP contribution is -2.40. The van der Waals surface area contributed by atoms with Crippen molar-refractivity contribution in [2.75, 3.05) is 32.1 Å². The fourth-order valence-corrected chi connectivity index (χ4v) is 5.12. The van der Waals surface area contributed by atoms with Gasteiger partial charge in [-0.2, -0.15) is 0 Å². The second-order valence-corrected chi connectivity index (χ2v) is 9.20. The molecule has 1 aliphatic heterocycles. The van der Waals surface area contributed by atoms with Crippen LogP contribution in [0.5, 0.6) is 5.75 Å². The van der Waals surface area contributed by atoms with Gasteiger partial charge in [-0.05, 0) is 74.3 Å². The van der Waals surface area contributed by atoms with Crippen molar-refractivity contribution in [2.24, 2.45) is 0 Å². The normalized spacial score (nSPS) is 15.1. The monoisotopic (exact) mass is 467 g/mol. The fourth-order valence-electron chi connectivity index (χ4n) is 4.13. The maximum absolute atomic E-state index is 13.0. The molecule has 0 spiro atoms. The molecule has 1 atom stereocenters. The molecule has 1 aliphatic rings. The summed E-state index contributed by atoms with van der Waals surface area (Å²) in [5.41, 5.74) is 1.98. The molecule has 2 N–H and O–H groups in total. The lowest BCUT2D eigenvalue weighted by atomic mass is 10.0. The number of ether oxygens (including phenoxy) is 1. The lowest BCUT2D eigenvalue weighted by Gasteiger charge is -2.35. The molecule has 8 heteroatoms. The smallest absolute Gasteiger partial charge is 0.291 e. The third-order valence-electron chi connectivity index (χ3n) is 5.89. The van der Waals surface area contributed by atoms with Crippen molar-refractivity contribution < 1.29 is 18.7 Å². The summed E-state index contributed by atoms with van der Waals surface area (Å²) in [7, 11) is 1.66. The van der Waals surface area contributed by atoms with Gasteiger partial charge in [0.25, 0.3) is 11.8 Å². The minimum atomic E-state index is -0.335. The Balaban J connectivity index is 1.44. The highest BCUT2D eigenvalue weighted by Crippen LogP contribution is 2.29. The summed E-state index contributed by atoms with van der Waals surface area (Å²) in [5.74, 6) is 0.582. The van der Waals surface area contributed by atoms with Gasteiger partial charge in [0.1, 0.15) is 5.75 Å². The summed E-state index contributed by atoms with van der Waals surface area (Å²) in [6.45, 7) is 4.43. The van der Waals surface area contributed by atoms with Crippen LogP contribution in [-0.4, -0.2) is 43.5 Å². The van der Waals surface area contributed by atoms with E-state index in [2.05, 4.69) is 27.7 Å². The van der Waals surface area contributed by atoms with E-state index in [0.717, 1.165) is 30.0 Å². The van der Waals surface area contributed by atoms with Crippen LogP contribution < -0.4 is 15.4 Å². The molecule has 4 rings (SSSR count). The molecular formula is C25H29N3O4S. The summed E-state index contributed by atoms with van der Waals surface area (Å²) in [5, 5.41) is 6.54. The standard InChI is InChI=1S/C25H29N3O4S/c1-17-15-22(27-24(29)21-7-6-14-32-21)33-23(17)25(30)26-16-20(28-12-4-3-5-13-28)18-8-10-19(31-2)11-9-18/h6-11,14-15,20H,3-5,12-13,16H2,1-2H3,(H,26,30)(H,27,29)/t20-/m1/s1. The Labute approximate surface area is 197 Å². The fraction of sp³-hybridized carbons (Fsp3) is 0.360. The predicted molar refractivity (Wildman–Crippen MR) is 129 cm³/mol. The Kier molecular flexibility index (Phi) is 7.47. The van der Waals surface area contributed by atoms with Crippen molar-refractivity contribution >= 4 is 28.2 Å². The molecule has 0 aliphatic carbocycles.